The van der Waals surface area contributed by atoms with Crippen molar-refractivity contribution in [2.45, 2.75) is 0 Å². The molecule has 0 bridgehead atoms. The fourth-order valence-electron chi connectivity index (χ4n) is 1.95. The Labute approximate surface area is 118 Å². The molecular weight excluding hydrogens is 273 g/mol. The second-order valence-electron chi connectivity index (χ2n) is 4.18. The van der Waals surface area contributed by atoms with Gasteiger partial charge in [-0.15, -0.1) is 0 Å². The zero-order valence-corrected chi connectivity index (χ0v) is 10.7. The molecule has 0 radical (unpaired) electrons. The van der Waals surface area contributed by atoms with E-state index >= 15 is 0 Å². The van der Waals surface area contributed by atoms with Crippen LogP contribution in [0.3, 0.4) is 0 Å². The van der Waals surface area contributed by atoms with E-state index in [4.69, 9.17) is 11.1 Å². The van der Waals surface area contributed by atoms with E-state index in [2.05, 4.69) is 20.7 Å². The average Bonchev–Trinajstić information content (AvgIpc) is 2.96. The monoisotopic (exact) mass is 283 g/mol. The maximum atomic E-state index is 13.6. The van der Waals surface area contributed by atoms with Crippen molar-refractivity contribution in [3.05, 3.63) is 48.2 Å². The van der Waals surface area contributed by atoms with Crippen molar-refractivity contribution >= 4 is 23.0 Å². The lowest BCUT2D eigenvalue weighted by atomic mass is 10.2. The summed E-state index contributed by atoms with van der Waals surface area (Å²) < 4.78 is 15.3. The minimum atomic E-state index is -0.602. The quantitative estimate of drug-likeness (QED) is 0.500. The Hall–Kier alpha value is -3.18. The number of aromatic nitrogens is 3. The van der Waals surface area contributed by atoms with Crippen LogP contribution in [-0.4, -0.2) is 14.4 Å². The Morgan fingerprint density at radius 2 is 2.24 bits per heavy atom. The fourth-order valence-corrected chi connectivity index (χ4v) is 1.95. The molecule has 104 valence electrons. The van der Waals surface area contributed by atoms with E-state index in [9.17, 15) is 4.39 Å². The first-order chi connectivity index (χ1) is 10.2. The molecule has 3 rings (SSSR count). The fraction of sp³-hybridized carbons (Fsp3) is 0. The number of rotatable bonds is 3. The van der Waals surface area contributed by atoms with E-state index in [-0.39, 0.29) is 5.56 Å². The highest BCUT2D eigenvalue weighted by molar-refractivity contribution is 5.74. The standard InChI is InChI=1S/C13H10FN7/c14-9-2-1-3-10(8(9)6-15)18-12-13-17-4-5-21(13)7-11(19-12)20-16/h1-5,7,20H,16H2,(H,18,19). The molecule has 7 nitrogen and oxygen atoms in total. The van der Waals surface area contributed by atoms with Gasteiger partial charge in [-0.2, -0.15) is 5.26 Å². The lowest BCUT2D eigenvalue weighted by Gasteiger charge is -2.10. The summed E-state index contributed by atoms with van der Waals surface area (Å²) in [4.78, 5) is 8.39. The van der Waals surface area contributed by atoms with Gasteiger partial charge in [0.15, 0.2) is 17.3 Å². The van der Waals surface area contributed by atoms with Crippen LogP contribution in [0, 0.1) is 17.1 Å². The number of anilines is 3. The number of halogens is 1. The first-order valence-corrected chi connectivity index (χ1v) is 5.99. The number of hydrazine groups is 1. The topological polar surface area (TPSA) is 104 Å². The Morgan fingerprint density at radius 3 is 3.00 bits per heavy atom. The Morgan fingerprint density at radius 1 is 1.38 bits per heavy atom. The van der Waals surface area contributed by atoms with Crippen LogP contribution in [0.5, 0.6) is 0 Å². The van der Waals surface area contributed by atoms with Crippen molar-refractivity contribution in [3.63, 3.8) is 0 Å². The molecule has 2 heterocycles. The van der Waals surface area contributed by atoms with Crippen LogP contribution in [0.25, 0.3) is 5.65 Å². The van der Waals surface area contributed by atoms with Crippen molar-refractivity contribution in [2.24, 2.45) is 5.84 Å². The van der Waals surface area contributed by atoms with E-state index in [1.54, 1.807) is 29.1 Å². The molecule has 0 aliphatic heterocycles. The molecule has 0 saturated heterocycles. The lowest BCUT2D eigenvalue weighted by Crippen LogP contribution is -2.11. The summed E-state index contributed by atoms with van der Waals surface area (Å²) in [5.74, 6) is 5.52. The van der Waals surface area contributed by atoms with Gasteiger partial charge in [0.05, 0.1) is 11.9 Å². The number of nitrogens with zero attached hydrogens (tertiary/aromatic N) is 4. The van der Waals surface area contributed by atoms with Gasteiger partial charge < -0.3 is 15.1 Å². The van der Waals surface area contributed by atoms with Gasteiger partial charge in [0, 0.05) is 12.4 Å². The van der Waals surface area contributed by atoms with Crippen molar-refractivity contribution in [3.8, 4) is 6.07 Å². The molecule has 3 aromatic rings. The van der Waals surface area contributed by atoms with Crippen molar-refractivity contribution in [1.29, 1.82) is 5.26 Å². The van der Waals surface area contributed by atoms with Crippen LogP contribution in [0.15, 0.2) is 36.8 Å². The zero-order valence-electron chi connectivity index (χ0n) is 10.7. The summed E-state index contributed by atoms with van der Waals surface area (Å²) in [6.45, 7) is 0. The van der Waals surface area contributed by atoms with Crippen LogP contribution in [0.2, 0.25) is 0 Å². The van der Waals surface area contributed by atoms with E-state index in [0.29, 0.717) is 23.0 Å². The Balaban J connectivity index is 2.12. The highest BCUT2D eigenvalue weighted by Gasteiger charge is 2.12. The third kappa shape index (κ3) is 2.22. The van der Waals surface area contributed by atoms with Gasteiger partial charge in [-0.3, -0.25) is 0 Å². The summed E-state index contributed by atoms with van der Waals surface area (Å²) >= 11 is 0. The maximum Gasteiger partial charge on any atom is 0.180 e. The van der Waals surface area contributed by atoms with Gasteiger partial charge in [0.25, 0.3) is 0 Å². The number of hydrogen-bond acceptors (Lipinski definition) is 6. The smallest absolute Gasteiger partial charge is 0.180 e. The number of nitrogens with two attached hydrogens (primary N) is 1. The van der Waals surface area contributed by atoms with Crippen LogP contribution < -0.4 is 16.6 Å². The predicted octanol–water partition coefficient (Wildman–Crippen LogP) is 1.77. The molecule has 0 unspecified atom stereocenters. The maximum absolute atomic E-state index is 13.6. The van der Waals surface area contributed by atoms with E-state index < -0.39 is 5.82 Å². The highest BCUT2D eigenvalue weighted by Crippen LogP contribution is 2.24. The molecule has 21 heavy (non-hydrogen) atoms. The first kappa shape index (κ1) is 12.8. The molecule has 4 N–H and O–H groups in total. The lowest BCUT2D eigenvalue weighted by molar-refractivity contribution is 0.624. The minimum Gasteiger partial charge on any atom is -0.336 e. The number of imidazole rings is 1. The second-order valence-corrected chi connectivity index (χ2v) is 4.18. The number of benzene rings is 1. The molecule has 0 amide bonds. The third-order valence-corrected chi connectivity index (χ3v) is 2.90. The van der Waals surface area contributed by atoms with Gasteiger partial charge in [0.2, 0.25) is 0 Å². The molecule has 0 saturated carbocycles. The summed E-state index contributed by atoms with van der Waals surface area (Å²) in [7, 11) is 0. The highest BCUT2D eigenvalue weighted by atomic mass is 19.1. The normalized spacial score (nSPS) is 10.3. The van der Waals surface area contributed by atoms with Crippen molar-refractivity contribution in [2.75, 3.05) is 10.7 Å². The van der Waals surface area contributed by atoms with Gasteiger partial charge >= 0.3 is 0 Å². The van der Waals surface area contributed by atoms with Gasteiger partial charge in [-0.05, 0) is 12.1 Å². The van der Waals surface area contributed by atoms with E-state index in [0.717, 1.165) is 0 Å². The van der Waals surface area contributed by atoms with Gasteiger partial charge in [0.1, 0.15) is 17.4 Å². The SMILES string of the molecule is N#Cc1c(F)cccc1Nc1nc(NN)cn2ccnc12. The minimum absolute atomic E-state index is 0.0879. The molecule has 8 heteroatoms. The number of nitrogens with one attached hydrogen (secondary N) is 2. The van der Waals surface area contributed by atoms with Gasteiger partial charge in [-0.1, -0.05) is 6.07 Å². The summed E-state index contributed by atoms with van der Waals surface area (Å²) in [6, 6.07) is 6.14. The molecular formula is C13H10FN7. The second kappa shape index (κ2) is 5.07. The number of nitriles is 1. The first-order valence-electron chi connectivity index (χ1n) is 5.99. The molecule has 0 aliphatic carbocycles. The van der Waals surface area contributed by atoms with Crippen LogP contribution in [0.1, 0.15) is 5.56 Å². The van der Waals surface area contributed by atoms with E-state index in [1.165, 1.54) is 12.1 Å². The van der Waals surface area contributed by atoms with Crippen molar-refractivity contribution in [1.82, 2.24) is 14.4 Å². The number of nitrogen functional groups attached to an aromatic ring is 1. The third-order valence-electron chi connectivity index (χ3n) is 2.90. The van der Waals surface area contributed by atoms with Crippen LogP contribution in [-0.2, 0) is 0 Å². The van der Waals surface area contributed by atoms with E-state index in [1.807, 2.05) is 6.07 Å². The summed E-state index contributed by atoms with van der Waals surface area (Å²) in [5, 5.41) is 12.0. The largest absolute Gasteiger partial charge is 0.336 e. The Bertz CT molecular complexity index is 849. The van der Waals surface area contributed by atoms with Crippen LogP contribution >= 0.6 is 0 Å². The zero-order chi connectivity index (χ0) is 14.8. The summed E-state index contributed by atoms with van der Waals surface area (Å²) in [6.07, 6.45) is 4.98. The predicted molar refractivity (Wildman–Crippen MR) is 75.2 cm³/mol. The number of hydrogen-bond donors (Lipinski definition) is 3. The average molecular weight is 283 g/mol. The molecule has 0 aliphatic rings. The van der Waals surface area contributed by atoms with Gasteiger partial charge in [-0.25, -0.2) is 20.2 Å². The molecule has 0 spiro atoms. The molecule has 1 aromatic carbocycles. The molecule has 0 atom stereocenters. The number of fused-ring (bicyclic) bond motifs is 1. The summed E-state index contributed by atoms with van der Waals surface area (Å²) in [5.41, 5.74) is 3.19. The molecule has 0 fully saturated rings. The van der Waals surface area contributed by atoms with Crippen molar-refractivity contribution < 1.29 is 4.39 Å². The molecule has 2 aromatic heterocycles. The Kier molecular flexibility index (Phi) is 3.10. The van der Waals surface area contributed by atoms with Crippen LogP contribution in [0.4, 0.5) is 21.7 Å².